The smallest absolute Gasteiger partial charge is 0.131 e. The number of benzene rings is 2. The Morgan fingerprint density at radius 1 is 0.737 bits per heavy atom. The maximum absolute atomic E-state index is 13.8. The zero-order valence-electron chi connectivity index (χ0n) is 23.1. The van der Waals surface area contributed by atoms with Crippen molar-refractivity contribution in [3.05, 3.63) is 82.0 Å². The fraction of sp³-hybridized carbons (Fsp3) is 0.419. The molecule has 0 aliphatic heterocycles. The lowest BCUT2D eigenvalue weighted by Crippen LogP contribution is -2.56. The van der Waals surface area contributed by atoms with Crippen LogP contribution in [-0.4, -0.2) is 35.9 Å². The molecule has 2 aromatic carbocycles. The van der Waals surface area contributed by atoms with Crippen molar-refractivity contribution in [2.24, 2.45) is 0 Å². The van der Waals surface area contributed by atoms with Gasteiger partial charge in [0.05, 0.1) is 5.41 Å². The molecule has 1 aliphatic carbocycles. The first-order valence-corrected chi connectivity index (χ1v) is 13.9. The Morgan fingerprint density at radius 2 is 1.26 bits per heavy atom. The fourth-order valence-corrected chi connectivity index (χ4v) is 7.26. The van der Waals surface area contributed by atoms with Crippen molar-refractivity contribution in [1.82, 2.24) is 30.8 Å². The first-order chi connectivity index (χ1) is 18.4. The van der Waals surface area contributed by atoms with Crippen molar-refractivity contribution in [2.75, 3.05) is 0 Å². The number of para-hydroxylation sites is 2. The molecule has 5 rings (SSSR count). The van der Waals surface area contributed by atoms with Gasteiger partial charge in [-0.1, -0.05) is 77.5 Å². The van der Waals surface area contributed by atoms with Crippen molar-refractivity contribution < 1.29 is 5.11 Å². The summed E-state index contributed by atoms with van der Waals surface area (Å²) >= 11 is 0. The number of hydrogen-bond donors (Lipinski definition) is 3. The highest BCUT2D eigenvalue weighted by molar-refractivity contribution is 5.85. The van der Waals surface area contributed by atoms with E-state index >= 15 is 0 Å². The molecule has 38 heavy (non-hydrogen) atoms. The molecule has 0 saturated heterocycles. The second kappa shape index (κ2) is 9.95. The number of fused-ring (bicyclic) bond motifs is 2. The summed E-state index contributed by atoms with van der Waals surface area (Å²) in [4.78, 5) is 0. The van der Waals surface area contributed by atoms with Gasteiger partial charge in [-0.25, -0.2) is 0 Å². The summed E-state index contributed by atoms with van der Waals surface area (Å²) < 4.78 is 0. The quantitative estimate of drug-likeness (QED) is 0.211. The number of aliphatic hydroxyl groups is 1. The molecular weight excluding hydrogens is 472 g/mol. The predicted octanol–water partition coefficient (Wildman–Crippen LogP) is 6.96. The number of allylic oxidation sites excluding steroid dienone is 2. The molecule has 0 radical (unpaired) electrons. The minimum absolute atomic E-state index is 0.674. The van der Waals surface area contributed by atoms with Crippen LogP contribution in [0.1, 0.15) is 84.3 Å². The largest absolute Gasteiger partial charge is 0.379 e. The van der Waals surface area contributed by atoms with E-state index in [0.29, 0.717) is 11.9 Å². The molecule has 198 valence electrons. The van der Waals surface area contributed by atoms with Crippen molar-refractivity contribution in [3.63, 3.8) is 0 Å². The first kappa shape index (κ1) is 26.0. The van der Waals surface area contributed by atoms with E-state index in [4.69, 9.17) is 6.58 Å². The minimum atomic E-state index is -1.47. The van der Waals surface area contributed by atoms with E-state index in [1.807, 2.05) is 30.3 Å². The van der Waals surface area contributed by atoms with Crippen molar-refractivity contribution in [3.8, 4) is 0 Å². The second-order valence-corrected chi connectivity index (χ2v) is 10.1. The summed E-state index contributed by atoms with van der Waals surface area (Å²) in [6.45, 7) is 15.7. The summed E-state index contributed by atoms with van der Waals surface area (Å²) in [5, 5.41) is 37.5. The van der Waals surface area contributed by atoms with Crippen molar-refractivity contribution >= 4 is 22.1 Å². The van der Waals surface area contributed by atoms with Crippen molar-refractivity contribution in [1.29, 1.82) is 0 Å². The van der Waals surface area contributed by atoms with E-state index in [2.05, 4.69) is 71.5 Å². The number of nitrogens with zero attached hydrogens (tertiary/aromatic N) is 4. The average Bonchev–Trinajstić information content (AvgIpc) is 3.61. The van der Waals surface area contributed by atoms with E-state index in [1.165, 1.54) is 16.7 Å². The highest BCUT2D eigenvalue weighted by Crippen LogP contribution is 2.63. The van der Waals surface area contributed by atoms with Gasteiger partial charge in [0.15, 0.2) is 0 Å². The molecule has 7 nitrogen and oxygen atoms in total. The Morgan fingerprint density at radius 3 is 1.79 bits per heavy atom. The van der Waals surface area contributed by atoms with Crippen LogP contribution in [-0.2, 0) is 11.0 Å². The normalized spacial score (nSPS) is 22.2. The Bertz CT molecular complexity index is 1570. The fourth-order valence-electron chi connectivity index (χ4n) is 7.26. The van der Waals surface area contributed by atoms with E-state index in [0.717, 1.165) is 70.9 Å². The van der Waals surface area contributed by atoms with Gasteiger partial charge in [-0.15, -0.1) is 0 Å². The first-order valence-electron chi connectivity index (χ1n) is 13.9. The Labute approximate surface area is 224 Å². The highest BCUT2D eigenvalue weighted by atomic mass is 16.3. The van der Waals surface area contributed by atoms with Gasteiger partial charge in [-0.2, -0.15) is 30.8 Å². The summed E-state index contributed by atoms with van der Waals surface area (Å²) in [7, 11) is 0. The lowest BCUT2D eigenvalue weighted by molar-refractivity contribution is 0.0127. The van der Waals surface area contributed by atoms with Crippen LogP contribution in [0, 0.1) is 0 Å². The number of nitrogens with one attached hydrogen (secondary N) is 2. The molecule has 7 heteroatoms. The summed E-state index contributed by atoms with van der Waals surface area (Å²) in [5.74, 6) is 0. The van der Waals surface area contributed by atoms with Gasteiger partial charge in [0.25, 0.3) is 0 Å². The molecule has 0 spiro atoms. The Kier molecular flexibility index (Phi) is 6.82. The summed E-state index contributed by atoms with van der Waals surface area (Å²) in [6.07, 6.45) is 4.81. The molecule has 2 atom stereocenters. The Hall–Kier alpha value is -3.58. The van der Waals surface area contributed by atoms with Gasteiger partial charge in [0, 0.05) is 5.56 Å². The third-order valence-electron chi connectivity index (χ3n) is 8.51. The van der Waals surface area contributed by atoms with Crippen LogP contribution in [0.4, 0.5) is 0 Å². The van der Waals surface area contributed by atoms with E-state index < -0.39 is 11.0 Å². The van der Waals surface area contributed by atoms with Crippen LogP contribution >= 0.6 is 0 Å². The van der Waals surface area contributed by atoms with E-state index in [-0.39, 0.29) is 0 Å². The summed E-state index contributed by atoms with van der Waals surface area (Å²) in [5.41, 5.74) is 7.90. The van der Waals surface area contributed by atoms with Gasteiger partial charge < -0.3 is 5.11 Å². The molecule has 0 saturated carbocycles. The zero-order valence-corrected chi connectivity index (χ0v) is 23.1. The zero-order chi connectivity index (χ0) is 27.1. The lowest BCUT2D eigenvalue weighted by atomic mass is 9.49. The number of H-pyrrole nitrogens is 2. The van der Waals surface area contributed by atoms with Gasteiger partial charge in [-0.05, 0) is 72.1 Å². The predicted molar refractivity (Wildman–Crippen MR) is 153 cm³/mol. The van der Waals surface area contributed by atoms with Crippen LogP contribution in [0.25, 0.3) is 22.1 Å². The number of aromatic amines is 2. The van der Waals surface area contributed by atoms with Gasteiger partial charge in [0.1, 0.15) is 27.7 Å². The highest BCUT2D eigenvalue weighted by Gasteiger charge is 2.61. The third kappa shape index (κ3) is 3.30. The molecular formula is C31H38N6O. The molecule has 0 bridgehead atoms. The van der Waals surface area contributed by atoms with Crippen LogP contribution in [0.2, 0.25) is 0 Å². The summed E-state index contributed by atoms with van der Waals surface area (Å²) in [6, 6.07) is 12.0. The molecule has 2 unspecified atom stereocenters. The maximum atomic E-state index is 13.8. The van der Waals surface area contributed by atoms with Crippen LogP contribution < -0.4 is 0 Å². The number of aromatic nitrogens is 6. The monoisotopic (exact) mass is 510 g/mol. The lowest BCUT2D eigenvalue weighted by Gasteiger charge is -2.56. The van der Waals surface area contributed by atoms with Gasteiger partial charge in [0.2, 0.25) is 0 Å². The van der Waals surface area contributed by atoms with E-state index in [9.17, 15) is 5.11 Å². The second-order valence-electron chi connectivity index (χ2n) is 10.1. The third-order valence-corrected chi connectivity index (χ3v) is 8.51. The molecule has 1 aliphatic rings. The van der Waals surface area contributed by atoms with Gasteiger partial charge in [-0.3, -0.25) is 0 Å². The van der Waals surface area contributed by atoms with E-state index in [1.54, 1.807) is 0 Å². The van der Waals surface area contributed by atoms with Crippen molar-refractivity contribution in [2.45, 2.75) is 84.2 Å². The molecule has 2 aromatic heterocycles. The van der Waals surface area contributed by atoms with Crippen LogP contribution in [0.15, 0.2) is 70.8 Å². The molecule has 0 amide bonds. The molecule has 4 aromatic rings. The molecule has 2 heterocycles. The van der Waals surface area contributed by atoms with Crippen LogP contribution in [0.5, 0.6) is 0 Å². The average molecular weight is 511 g/mol. The maximum Gasteiger partial charge on any atom is 0.131 e. The number of hydrogen-bond acceptors (Lipinski definition) is 5. The van der Waals surface area contributed by atoms with Crippen LogP contribution in [0.3, 0.4) is 0 Å². The standard InChI is InChI=1S/C31H38N6O/c1-7-14-19(6)30(24-15-12-17-26-28(24)34-36-32-26)22(10-4)20(8-2)21(9-3)23(11-5)31(30,38)25-16-13-18-27-29(25)35-37-33-27/h12-13,15-18,38H,6-11,14H2,1-5H3,(H,32,34,36)(H,33,35,37). The molecule has 0 fully saturated rings. The Balaban J connectivity index is 2.08. The SMILES string of the molecule is C=C(CCC)C1(c2cccc3n[nH]nc23)C(CC)=C(CC)C(CC)=C(CC)C1(O)c1cccc2n[nH]nc12. The van der Waals surface area contributed by atoms with Gasteiger partial charge >= 0.3 is 0 Å². The number of rotatable bonds is 9. The minimum Gasteiger partial charge on any atom is -0.379 e. The topological polar surface area (TPSA) is 103 Å². The molecule has 3 N–H and O–H groups in total.